The van der Waals surface area contributed by atoms with Gasteiger partial charge in [-0.05, 0) is 35.9 Å². The molecule has 1 saturated heterocycles. The van der Waals surface area contributed by atoms with Crippen molar-refractivity contribution in [3.05, 3.63) is 63.7 Å². The minimum atomic E-state index is -0.113. The lowest BCUT2D eigenvalue weighted by atomic mass is 10.2. The summed E-state index contributed by atoms with van der Waals surface area (Å²) in [5.41, 5.74) is 1.65. The molecule has 1 amide bonds. The van der Waals surface area contributed by atoms with Crippen molar-refractivity contribution in [2.75, 3.05) is 4.90 Å². The van der Waals surface area contributed by atoms with Gasteiger partial charge in [0, 0.05) is 10.7 Å². The van der Waals surface area contributed by atoms with Crippen LogP contribution in [0.4, 0.5) is 5.69 Å². The molecule has 1 aliphatic rings. The molecular weight excluding hydrogens is 368 g/mol. The molecule has 6 heteroatoms. The number of benzene rings is 1. The molecular formula is C15H9BrN2OS2. The van der Waals surface area contributed by atoms with Gasteiger partial charge in [-0.25, -0.2) is 0 Å². The molecule has 0 bridgehead atoms. The molecule has 1 aromatic carbocycles. The van der Waals surface area contributed by atoms with Crippen molar-refractivity contribution in [2.24, 2.45) is 0 Å². The Morgan fingerprint density at radius 1 is 1.29 bits per heavy atom. The van der Waals surface area contributed by atoms with E-state index in [9.17, 15) is 4.79 Å². The van der Waals surface area contributed by atoms with Crippen molar-refractivity contribution in [3.63, 3.8) is 0 Å². The van der Waals surface area contributed by atoms with Gasteiger partial charge < -0.3 is 0 Å². The number of amides is 1. The number of thiocarbonyl (C=S) groups is 1. The van der Waals surface area contributed by atoms with Gasteiger partial charge in [-0.1, -0.05) is 52.0 Å². The highest BCUT2D eigenvalue weighted by Crippen LogP contribution is 2.35. The number of rotatable bonds is 2. The Kier molecular flexibility index (Phi) is 4.19. The summed E-state index contributed by atoms with van der Waals surface area (Å²) in [5, 5.41) is 0. The molecule has 1 fully saturated rings. The molecule has 104 valence electrons. The van der Waals surface area contributed by atoms with E-state index in [1.165, 1.54) is 16.7 Å². The van der Waals surface area contributed by atoms with Crippen LogP contribution in [0.3, 0.4) is 0 Å². The van der Waals surface area contributed by atoms with Crippen LogP contribution in [0, 0.1) is 0 Å². The van der Waals surface area contributed by atoms with E-state index < -0.39 is 0 Å². The lowest BCUT2D eigenvalue weighted by molar-refractivity contribution is -0.113. The van der Waals surface area contributed by atoms with Crippen molar-refractivity contribution in [1.82, 2.24) is 4.98 Å². The van der Waals surface area contributed by atoms with Crippen molar-refractivity contribution < 1.29 is 4.79 Å². The van der Waals surface area contributed by atoms with Crippen LogP contribution in [0.5, 0.6) is 0 Å². The molecule has 0 aliphatic carbocycles. The molecule has 0 atom stereocenters. The van der Waals surface area contributed by atoms with Crippen LogP contribution in [0.2, 0.25) is 0 Å². The first-order valence-electron chi connectivity index (χ1n) is 6.09. The third kappa shape index (κ3) is 3.07. The van der Waals surface area contributed by atoms with Crippen molar-refractivity contribution in [1.29, 1.82) is 0 Å². The summed E-state index contributed by atoms with van der Waals surface area (Å²) in [7, 11) is 0. The molecule has 1 aromatic heterocycles. The zero-order valence-electron chi connectivity index (χ0n) is 10.7. The highest BCUT2D eigenvalue weighted by atomic mass is 79.9. The van der Waals surface area contributed by atoms with Crippen LogP contribution < -0.4 is 4.90 Å². The SMILES string of the molecule is O=C1/C(=C/c2cccc(Br)c2)SC(=S)N1c1cccnc1. The molecule has 0 N–H and O–H groups in total. The molecule has 1 aliphatic heterocycles. The van der Waals surface area contributed by atoms with Crippen molar-refractivity contribution in [2.45, 2.75) is 0 Å². The summed E-state index contributed by atoms with van der Waals surface area (Å²) >= 11 is 10.0. The fraction of sp³-hybridized carbons (Fsp3) is 0. The number of thioether (sulfide) groups is 1. The summed E-state index contributed by atoms with van der Waals surface area (Å²) in [5.74, 6) is -0.113. The van der Waals surface area contributed by atoms with Crippen LogP contribution in [-0.2, 0) is 4.79 Å². The summed E-state index contributed by atoms with van der Waals surface area (Å²) < 4.78 is 1.49. The number of hydrogen-bond donors (Lipinski definition) is 0. The first-order valence-corrected chi connectivity index (χ1v) is 8.10. The van der Waals surface area contributed by atoms with Gasteiger partial charge in [0.05, 0.1) is 16.8 Å². The highest BCUT2D eigenvalue weighted by molar-refractivity contribution is 9.10. The smallest absolute Gasteiger partial charge is 0.268 e. The van der Waals surface area contributed by atoms with E-state index in [4.69, 9.17) is 12.2 Å². The van der Waals surface area contributed by atoms with Gasteiger partial charge in [-0.2, -0.15) is 0 Å². The number of nitrogens with zero attached hydrogens (tertiary/aromatic N) is 2. The predicted molar refractivity (Wildman–Crippen MR) is 94.0 cm³/mol. The Morgan fingerprint density at radius 2 is 2.14 bits per heavy atom. The van der Waals surface area contributed by atoms with Gasteiger partial charge in [0.2, 0.25) is 0 Å². The van der Waals surface area contributed by atoms with Crippen LogP contribution >= 0.6 is 39.9 Å². The Labute approximate surface area is 140 Å². The minimum absolute atomic E-state index is 0.113. The second-order valence-corrected chi connectivity index (χ2v) is 6.87. The maximum absolute atomic E-state index is 12.5. The number of pyridine rings is 1. The number of carbonyl (C=O) groups is 1. The first kappa shape index (κ1) is 14.4. The number of carbonyl (C=O) groups excluding carboxylic acids is 1. The average molecular weight is 377 g/mol. The lowest BCUT2D eigenvalue weighted by Gasteiger charge is -2.13. The Hall–Kier alpha value is -1.50. The standard InChI is InChI=1S/C15H9BrN2OS2/c16-11-4-1-3-10(7-11)8-13-14(19)18(15(20)21-13)12-5-2-6-17-9-12/h1-9H/b13-8-. The molecule has 0 spiro atoms. The largest absolute Gasteiger partial charge is 0.270 e. The molecule has 3 nitrogen and oxygen atoms in total. The van der Waals surface area contributed by atoms with Crippen LogP contribution in [0.1, 0.15) is 5.56 Å². The van der Waals surface area contributed by atoms with E-state index in [0.717, 1.165) is 10.0 Å². The second-order valence-electron chi connectivity index (χ2n) is 4.28. The number of anilines is 1. The fourth-order valence-electron chi connectivity index (χ4n) is 1.92. The zero-order chi connectivity index (χ0) is 14.8. The lowest BCUT2D eigenvalue weighted by Crippen LogP contribution is -2.27. The van der Waals surface area contributed by atoms with Gasteiger partial charge in [0.25, 0.3) is 5.91 Å². The van der Waals surface area contributed by atoms with Gasteiger partial charge in [-0.15, -0.1) is 0 Å². The Balaban J connectivity index is 1.94. The minimum Gasteiger partial charge on any atom is -0.268 e. The first-order chi connectivity index (χ1) is 10.1. The van der Waals surface area contributed by atoms with Gasteiger partial charge in [0.15, 0.2) is 4.32 Å². The Bertz CT molecular complexity index is 746. The van der Waals surface area contributed by atoms with E-state index in [1.54, 1.807) is 18.5 Å². The number of hydrogen-bond acceptors (Lipinski definition) is 4. The number of aromatic nitrogens is 1. The van der Waals surface area contributed by atoms with E-state index in [-0.39, 0.29) is 5.91 Å². The molecule has 3 rings (SSSR count). The van der Waals surface area contributed by atoms with Gasteiger partial charge >= 0.3 is 0 Å². The quantitative estimate of drug-likeness (QED) is 0.579. The fourth-order valence-corrected chi connectivity index (χ4v) is 3.64. The van der Waals surface area contributed by atoms with Gasteiger partial charge in [0.1, 0.15) is 0 Å². The third-order valence-corrected chi connectivity index (χ3v) is 4.64. The molecule has 0 unspecified atom stereocenters. The Morgan fingerprint density at radius 3 is 2.86 bits per heavy atom. The maximum Gasteiger partial charge on any atom is 0.270 e. The molecule has 0 radical (unpaired) electrons. The highest BCUT2D eigenvalue weighted by Gasteiger charge is 2.33. The van der Waals surface area contributed by atoms with Crippen molar-refractivity contribution >= 4 is 61.9 Å². The maximum atomic E-state index is 12.5. The third-order valence-electron chi connectivity index (χ3n) is 2.84. The second kappa shape index (κ2) is 6.09. The van der Waals surface area contributed by atoms with Crippen molar-refractivity contribution in [3.8, 4) is 0 Å². The van der Waals surface area contributed by atoms with E-state index in [2.05, 4.69) is 20.9 Å². The topological polar surface area (TPSA) is 33.2 Å². The van der Waals surface area contributed by atoms with E-state index >= 15 is 0 Å². The molecule has 2 heterocycles. The molecule has 2 aromatic rings. The normalized spacial score (nSPS) is 16.8. The predicted octanol–water partition coefficient (Wildman–Crippen LogP) is 4.25. The molecule has 0 saturated carbocycles. The van der Waals surface area contributed by atoms with Crippen LogP contribution in [-0.4, -0.2) is 15.2 Å². The summed E-state index contributed by atoms with van der Waals surface area (Å²) in [6.45, 7) is 0. The summed E-state index contributed by atoms with van der Waals surface area (Å²) in [4.78, 5) is 18.7. The van der Waals surface area contributed by atoms with Crippen LogP contribution in [0.25, 0.3) is 6.08 Å². The summed E-state index contributed by atoms with van der Waals surface area (Å²) in [6, 6.07) is 11.4. The van der Waals surface area contributed by atoms with Gasteiger partial charge in [-0.3, -0.25) is 14.7 Å². The monoisotopic (exact) mass is 376 g/mol. The van der Waals surface area contributed by atoms with E-state index in [1.807, 2.05) is 36.4 Å². The van der Waals surface area contributed by atoms with E-state index in [0.29, 0.717) is 14.9 Å². The zero-order valence-corrected chi connectivity index (χ0v) is 13.9. The molecule has 21 heavy (non-hydrogen) atoms. The average Bonchev–Trinajstić information content (AvgIpc) is 2.74. The number of halogens is 1. The van der Waals surface area contributed by atoms with Crippen LogP contribution in [0.15, 0.2) is 58.2 Å². The summed E-state index contributed by atoms with van der Waals surface area (Å²) in [6.07, 6.45) is 5.14.